The van der Waals surface area contributed by atoms with Crippen LogP contribution in [0.15, 0.2) is 30.3 Å². The minimum atomic E-state index is -0.493. The number of nitrogens with zero attached hydrogens (tertiary/aromatic N) is 2. The van der Waals surface area contributed by atoms with E-state index in [1.807, 2.05) is 65.0 Å². The van der Waals surface area contributed by atoms with Crippen LogP contribution >= 0.6 is 0 Å². The number of esters is 1. The Kier molecular flexibility index (Phi) is 7.47. The molecule has 2 fully saturated rings. The van der Waals surface area contributed by atoms with E-state index in [1.165, 1.54) is 0 Å². The van der Waals surface area contributed by atoms with Gasteiger partial charge in [0.1, 0.15) is 17.7 Å². The number of amides is 1. The molecule has 0 spiro atoms. The Bertz CT molecular complexity index is 642. The molecule has 1 aromatic rings. The first-order valence-corrected chi connectivity index (χ1v) is 10.2. The standard InChI is InChI=1S/C20H28N2O4.C2H6/c1-19(2,3)26-18(24)21-11-13-22(14-12-21)20(9-10-20)17(23)25-15-16-7-5-4-6-8-16;1-2/h4-8H,9-15H2,1-3H3;1-2H3. The summed E-state index contributed by atoms with van der Waals surface area (Å²) in [6.45, 7) is 12.4. The summed E-state index contributed by atoms with van der Waals surface area (Å²) >= 11 is 0. The third-order valence-corrected chi connectivity index (χ3v) is 4.85. The first kappa shape index (κ1) is 22.2. The van der Waals surface area contributed by atoms with Gasteiger partial charge in [-0.1, -0.05) is 44.2 Å². The van der Waals surface area contributed by atoms with E-state index in [0.29, 0.717) is 32.8 Å². The summed E-state index contributed by atoms with van der Waals surface area (Å²) in [6, 6.07) is 9.72. The molecule has 28 heavy (non-hydrogen) atoms. The highest BCUT2D eigenvalue weighted by Gasteiger charge is 2.56. The molecule has 1 heterocycles. The maximum absolute atomic E-state index is 12.6. The van der Waals surface area contributed by atoms with Gasteiger partial charge in [0.25, 0.3) is 0 Å². The van der Waals surface area contributed by atoms with Crippen molar-refractivity contribution in [3.8, 4) is 0 Å². The molecule has 1 amide bonds. The lowest BCUT2D eigenvalue weighted by molar-refractivity contribution is -0.154. The van der Waals surface area contributed by atoms with Crippen molar-refractivity contribution < 1.29 is 19.1 Å². The molecule has 6 heteroatoms. The molecule has 1 aromatic carbocycles. The van der Waals surface area contributed by atoms with Crippen molar-refractivity contribution in [1.29, 1.82) is 0 Å². The molecular weight excluding hydrogens is 356 g/mol. The fraction of sp³-hybridized carbons (Fsp3) is 0.636. The van der Waals surface area contributed by atoms with E-state index in [-0.39, 0.29) is 12.1 Å². The van der Waals surface area contributed by atoms with Gasteiger partial charge in [-0.3, -0.25) is 9.69 Å². The number of carbonyl (C=O) groups excluding carboxylic acids is 2. The van der Waals surface area contributed by atoms with Gasteiger partial charge in [0.15, 0.2) is 0 Å². The van der Waals surface area contributed by atoms with Crippen LogP contribution in [0.2, 0.25) is 0 Å². The molecule has 0 N–H and O–H groups in total. The first-order valence-electron chi connectivity index (χ1n) is 10.2. The third kappa shape index (κ3) is 5.71. The van der Waals surface area contributed by atoms with Gasteiger partial charge in [0, 0.05) is 26.2 Å². The lowest BCUT2D eigenvalue weighted by atomic mass is 10.1. The minimum Gasteiger partial charge on any atom is -0.459 e. The Morgan fingerprint density at radius 2 is 1.57 bits per heavy atom. The lowest BCUT2D eigenvalue weighted by Crippen LogP contribution is -2.56. The average molecular weight is 391 g/mol. The molecule has 1 saturated carbocycles. The van der Waals surface area contributed by atoms with Crippen LogP contribution in [0.25, 0.3) is 0 Å². The number of carbonyl (C=O) groups is 2. The molecule has 2 aliphatic rings. The van der Waals surface area contributed by atoms with Crippen LogP contribution in [-0.4, -0.2) is 59.2 Å². The van der Waals surface area contributed by atoms with Gasteiger partial charge in [-0.05, 0) is 39.2 Å². The summed E-state index contributed by atoms with van der Waals surface area (Å²) in [4.78, 5) is 28.7. The van der Waals surface area contributed by atoms with Crippen LogP contribution in [0.3, 0.4) is 0 Å². The van der Waals surface area contributed by atoms with Gasteiger partial charge in [0.05, 0.1) is 0 Å². The van der Waals surface area contributed by atoms with Crippen LogP contribution in [0, 0.1) is 0 Å². The van der Waals surface area contributed by atoms with Gasteiger partial charge in [0.2, 0.25) is 0 Å². The second kappa shape index (κ2) is 9.41. The average Bonchev–Trinajstić information content (AvgIpc) is 3.49. The number of rotatable bonds is 4. The minimum absolute atomic E-state index is 0.146. The smallest absolute Gasteiger partial charge is 0.410 e. The zero-order valence-corrected chi connectivity index (χ0v) is 17.9. The first-order chi connectivity index (χ1) is 13.3. The monoisotopic (exact) mass is 390 g/mol. The molecule has 0 bridgehead atoms. The maximum Gasteiger partial charge on any atom is 0.410 e. The lowest BCUT2D eigenvalue weighted by Gasteiger charge is -2.38. The van der Waals surface area contributed by atoms with Crippen LogP contribution in [0.5, 0.6) is 0 Å². The Morgan fingerprint density at radius 3 is 2.07 bits per heavy atom. The molecule has 1 aliphatic carbocycles. The van der Waals surface area contributed by atoms with Gasteiger partial charge in [-0.2, -0.15) is 0 Å². The topological polar surface area (TPSA) is 59.1 Å². The van der Waals surface area contributed by atoms with Crippen molar-refractivity contribution >= 4 is 12.1 Å². The quantitative estimate of drug-likeness (QED) is 0.731. The van der Waals surface area contributed by atoms with E-state index in [2.05, 4.69) is 4.90 Å². The Balaban J connectivity index is 0.00000136. The fourth-order valence-corrected chi connectivity index (χ4v) is 3.27. The molecule has 0 atom stereocenters. The third-order valence-electron chi connectivity index (χ3n) is 4.85. The SMILES string of the molecule is CC.CC(C)(C)OC(=O)N1CCN(C2(C(=O)OCc3ccccc3)CC2)CC1. The van der Waals surface area contributed by atoms with Gasteiger partial charge in [-0.25, -0.2) is 4.79 Å². The Morgan fingerprint density at radius 1 is 1.00 bits per heavy atom. The van der Waals surface area contributed by atoms with Crippen molar-refractivity contribution in [2.45, 2.75) is 65.2 Å². The number of piperazine rings is 1. The summed E-state index contributed by atoms with van der Waals surface area (Å²) in [6.07, 6.45) is 1.37. The zero-order chi connectivity index (χ0) is 20.8. The normalized spacial score (nSPS) is 18.5. The van der Waals surface area contributed by atoms with E-state index >= 15 is 0 Å². The van der Waals surface area contributed by atoms with Crippen LogP contribution in [-0.2, 0) is 20.9 Å². The van der Waals surface area contributed by atoms with E-state index in [0.717, 1.165) is 18.4 Å². The van der Waals surface area contributed by atoms with Crippen LogP contribution in [0.1, 0.15) is 53.0 Å². The fourth-order valence-electron chi connectivity index (χ4n) is 3.27. The van der Waals surface area contributed by atoms with Crippen LogP contribution < -0.4 is 0 Å². The van der Waals surface area contributed by atoms with Crippen LogP contribution in [0.4, 0.5) is 4.79 Å². The highest BCUT2D eigenvalue weighted by molar-refractivity contribution is 5.84. The summed E-state index contributed by atoms with van der Waals surface area (Å²) in [5, 5.41) is 0. The number of benzene rings is 1. The van der Waals surface area contributed by atoms with Crippen molar-refractivity contribution in [2.24, 2.45) is 0 Å². The second-order valence-electron chi connectivity index (χ2n) is 8.05. The van der Waals surface area contributed by atoms with Gasteiger partial charge in [-0.15, -0.1) is 0 Å². The number of hydrogen-bond acceptors (Lipinski definition) is 5. The molecule has 0 unspecified atom stereocenters. The summed E-state index contributed by atoms with van der Waals surface area (Å²) in [5.41, 5.74) is 0.00788. The highest BCUT2D eigenvalue weighted by Crippen LogP contribution is 2.43. The highest BCUT2D eigenvalue weighted by atomic mass is 16.6. The number of ether oxygens (including phenoxy) is 2. The Labute approximate surface area is 168 Å². The largest absolute Gasteiger partial charge is 0.459 e. The van der Waals surface area contributed by atoms with E-state index in [9.17, 15) is 9.59 Å². The zero-order valence-electron chi connectivity index (χ0n) is 17.9. The van der Waals surface area contributed by atoms with Crippen molar-refractivity contribution in [1.82, 2.24) is 9.80 Å². The molecule has 156 valence electrons. The summed E-state index contributed by atoms with van der Waals surface area (Å²) in [7, 11) is 0. The van der Waals surface area contributed by atoms with Crippen molar-refractivity contribution in [2.75, 3.05) is 26.2 Å². The number of hydrogen-bond donors (Lipinski definition) is 0. The molecule has 0 aromatic heterocycles. The van der Waals surface area contributed by atoms with E-state index < -0.39 is 11.1 Å². The van der Waals surface area contributed by atoms with Gasteiger partial charge < -0.3 is 14.4 Å². The summed E-state index contributed by atoms with van der Waals surface area (Å²) in [5.74, 6) is -0.146. The predicted molar refractivity (Wildman–Crippen MR) is 109 cm³/mol. The molecule has 1 aliphatic heterocycles. The van der Waals surface area contributed by atoms with E-state index in [1.54, 1.807) is 4.90 Å². The summed E-state index contributed by atoms with van der Waals surface area (Å²) < 4.78 is 11.0. The predicted octanol–water partition coefficient (Wildman–Crippen LogP) is 3.84. The van der Waals surface area contributed by atoms with Gasteiger partial charge >= 0.3 is 12.1 Å². The Hall–Kier alpha value is -2.08. The molecule has 6 nitrogen and oxygen atoms in total. The second-order valence-corrected chi connectivity index (χ2v) is 8.05. The molecule has 1 saturated heterocycles. The van der Waals surface area contributed by atoms with Crippen molar-refractivity contribution in [3.63, 3.8) is 0 Å². The van der Waals surface area contributed by atoms with E-state index in [4.69, 9.17) is 9.47 Å². The molecular formula is C22H34N2O4. The van der Waals surface area contributed by atoms with Crippen molar-refractivity contribution in [3.05, 3.63) is 35.9 Å². The molecule has 3 rings (SSSR count). The molecule has 0 radical (unpaired) electrons. The maximum atomic E-state index is 12.6.